The molecule has 0 fully saturated rings. The average molecular weight is 265 g/mol. The van der Waals surface area contributed by atoms with E-state index in [1.807, 2.05) is 5.38 Å². The lowest BCUT2D eigenvalue weighted by Gasteiger charge is -2.07. The number of hydrogen-bond acceptors (Lipinski definition) is 4. The van der Waals surface area contributed by atoms with Crippen LogP contribution in [0.15, 0.2) is 9.98 Å². The highest BCUT2D eigenvalue weighted by Gasteiger charge is 1.99. The van der Waals surface area contributed by atoms with E-state index in [0.29, 0.717) is 12.6 Å². The number of rotatable bonds is 5. The molecule has 0 atom stereocenters. The number of nitrogens with zero attached hydrogens (tertiary/aromatic N) is 1. The summed E-state index contributed by atoms with van der Waals surface area (Å²) in [4.78, 5) is 4.11. The molecule has 3 nitrogen and oxygen atoms in total. The Kier molecular flexibility index (Phi) is 4.69. The minimum Gasteiger partial charge on any atom is -0.469 e. The summed E-state index contributed by atoms with van der Waals surface area (Å²) in [7, 11) is 0. The minimum absolute atomic E-state index is 0.506. The average Bonchev–Trinajstić information content (AvgIpc) is 2.45. The van der Waals surface area contributed by atoms with E-state index in [4.69, 9.17) is 4.74 Å². The Morgan fingerprint density at radius 2 is 2.46 bits per heavy atom. The molecule has 0 saturated heterocycles. The molecule has 1 aromatic rings. The summed E-state index contributed by atoms with van der Waals surface area (Å²) < 4.78 is 6.23. The first-order chi connectivity index (χ1) is 6.18. The smallest absolute Gasteiger partial charge is 0.274 e. The van der Waals surface area contributed by atoms with Crippen molar-refractivity contribution < 1.29 is 4.74 Å². The van der Waals surface area contributed by atoms with Crippen LogP contribution in [0.1, 0.15) is 13.8 Å². The highest BCUT2D eigenvalue weighted by atomic mass is 79.9. The first-order valence-electron chi connectivity index (χ1n) is 4.15. The molecular formula is C8H13BrN2OS. The van der Waals surface area contributed by atoms with Gasteiger partial charge in [-0.1, -0.05) is 25.2 Å². The van der Waals surface area contributed by atoms with Crippen LogP contribution in [0.3, 0.4) is 0 Å². The van der Waals surface area contributed by atoms with Crippen LogP contribution in [0, 0.1) is 0 Å². The molecule has 0 aliphatic heterocycles. The van der Waals surface area contributed by atoms with E-state index in [2.05, 4.69) is 40.1 Å². The second kappa shape index (κ2) is 5.57. The van der Waals surface area contributed by atoms with E-state index in [9.17, 15) is 0 Å². The van der Waals surface area contributed by atoms with Crippen LogP contribution in [0.2, 0.25) is 0 Å². The molecule has 0 saturated carbocycles. The van der Waals surface area contributed by atoms with E-state index < -0.39 is 0 Å². The van der Waals surface area contributed by atoms with E-state index in [1.165, 1.54) is 11.3 Å². The van der Waals surface area contributed by atoms with Crippen molar-refractivity contribution in [1.29, 1.82) is 0 Å². The van der Waals surface area contributed by atoms with Gasteiger partial charge in [0.15, 0.2) is 0 Å². The van der Waals surface area contributed by atoms with E-state index in [0.717, 1.165) is 16.3 Å². The Labute approximate surface area is 90.6 Å². The maximum atomic E-state index is 5.39. The van der Waals surface area contributed by atoms with Crippen LogP contribution < -0.4 is 10.1 Å². The number of nitrogens with one attached hydrogen (secondary N) is 1. The van der Waals surface area contributed by atoms with Gasteiger partial charge in [0.2, 0.25) is 0 Å². The van der Waals surface area contributed by atoms with Crippen LogP contribution >= 0.6 is 27.3 Å². The van der Waals surface area contributed by atoms with Gasteiger partial charge in [-0.15, -0.1) is 0 Å². The van der Waals surface area contributed by atoms with Gasteiger partial charge in [0.05, 0.1) is 0 Å². The van der Waals surface area contributed by atoms with Gasteiger partial charge in [0.25, 0.3) is 5.19 Å². The fraction of sp³-hybridized carbons (Fsp3) is 0.625. The monoisotopic (exact) mass is 264 g/mol. The van der Waals surface area contributed by atoms with Crippen molar-refractivity contribution in [3.63, 3.8) is 0 Å². The van der Waals surface area contributed by atoms with Crippen molar-refractivity contribution in [3.05, 3.63) is 9.98 Å². The summed E-state index contributed by atoms with van der Waals surface area (Å²) in [5, 5.41) is 5.89. The topological polar surface area (TPSA) is 34.1 Å². The third-order valence-corrected chi connectivity index (χ3v) is 2.80. The Hall–Kier alpha value is -0.130. The van der Waals surface area contributed by atoms with Crippen molar-refractivity contribution >= 4 is 27.3 Å². The third kappa shape index (κ3) is 4.59. The fourth-order valence-corrected chi connectivity index (χ4v) is 1.90. The van der Waals surface area contributed by atoms with E-state index >= 15 is 0 Å². The van der Waals surface area contributed by atoms with Crippen LogP contribution in [0.4, 0.5) is 0 Å². The molecular weight excluding hydrogens is 252 g/mol. The Morgan fingerprint density at radius 1 is 1.69 bits per heavy atom. The minimum atomic E-state index is 0.506. The van der Waals surface area contributed by atoms with Gasteiger partial charge in [-0.25, -0.2) is 0 Å². The van der Waals surface area contributed by atoms with Crippen molar-refractivity contribution in [2.75, 3.05) is 13.2 Å². The van der Waals surface area contributed by atoms with E-state index in [1.54, 1.807) is 0 Å². The van der Waals surface area contributed by atoms with Gasteiger partial charge in [-0.2, -0.15) is 4.98 Å². The molecule has 0 radical (unpaired) electrons. The summed E-state index contributed by atoms with van der Waals surface area (Å²) >= 11 is 4.77. The molecule has 1 aromatic heterocycles. The maximum Gasteiger partial charge on any atom is 0.274 e. The number of thiazole rings is 1. The summed E-state index contributed by atoms with van der Waals surface area (Å²) in [5.41, 5.74) is 0. The molecule has 0 aromatic carbocycles. The number of ether oxygens (including phenoxy) is 1. The summed E-state index contributed by atoms with van der Waals surface area (Å²) in [5.74, 6) is 0. The highest BCUT2D eigenvalue weighted by molar-refractivity contribution is 9.10. The molecule has 0 spiro atoms. The summed E-state index contributed by atoms with van der Waals surface area (Å²) in [6.45, 7) is 5.74. The zero-order valence-electron chi connectivity index (χ0n) is 7.71. The predicted octanol–water partition coefficient (Wildman–Crippen LogP) is 2.28. The van der Waals surface area contributed by atoms with Gasteiger partial charge >= 0.3 is 0 Å². The van der Waals surface area contributed by atoms with Crippen molar-refractivity contribution in [1.82, 2.24) is 10.3 Å². The Balaban J connectivity index is 2.13. The van der Waals surface area contributed by atoms with Crippen LogP contribution in [-0.4, -0.2) is 24.2 Å². The predicted molar refractivity (Wildman–Crippen MR) is 58.4 cm³/mol. The summed E-state index contributed by atoms with van der Waals surface area (Å²) in [6, 6.07) is 0.506. The summed E-state index contributed by atoms with van der Waals surface area (Å²) in [6.07, 6.45) is 0. The molecule has 74 valence electrons. The number of halogens is 1. The zero-order valence-corrected chi connectivity index (χ0v) is 10.1. The van der Waals surface area contributed by atoms with E-state index in [-0.39, 0.29) is 0 Å². The number of aromatic nitrogens is 1. The number of hydrogen-bond donors (Lipinski definition) is 1. The molecule has 0 amide bonds. The second-order valence-corrected chi connectivity index (χ2v) is 4.53. The van der Waals surface area contributed by atoms with Gasteiger partial charge in [0.1, 0.15) is 11.2 Å². The first kappa shape index (κ1) is 10.9. The van der Waals surface area contributed by atoms with Gasteiger partial charge in [-0.3, -0.25) is 0 Å². The fourth-order valence-electron chi connectivity index (χ4n) is 0.791. The zero-order chi connectivity index (χ0) is 9.68. The molecule has 0 aliphatic rings. The molecule has 0 bridgehead atoms. The standard InChI is InChI=1S/C8H13BrN2OS/c1-6(2)10-3-4-12-8-11-7(9)5-13-8/h5-6,10H,3-4H2,1-2H3. The van der Waals surface area contributed by atoms with Crippen LogP contribution in [-0.2, 0) is 0 Å². The van der Waals surface area contributed by atoms with Crippen LogP contribution in [0.25, 0.3) is 0 Å². The molecule has 1 N–H and O–H groups in total. The SMILES string of the molecule is CC(C)NCCOc1nc(Br)cs1. The maximum absolute atomic E-state index is 5.39. The highest BCUT2D eigenvalue weighted by Crippen LogP contribution is 2.21. The molecule has 5 heteroatoms. The molecule has 0 aliphatic carbocycles. The normalized spacial score (nSPS) is 10.8. The van der Waals surface area contributed by atoms with Crippen molar-refractivity contribution in [2.45, 2.75) is 19.9 Å². The first-order valence-corrected chi connectivity index (χ1v) is 5.83. The lowest BCUT2D eigenvalue weighted by Crippen LogP contribution is -2.27. The van der Waals surface area contributed by atoms with Gasteiger partial charge < -0.3 is 10.1 Å². The second-order valence-electron chi connectivity index (χ2n) is 2.89. The third-order valence-electron chi connectivity index (χ3n) is 1.34. The van der Waals surface area contributed by atoms with Crippen LogP contribution in [0.5, 0.6) is 5.19 Å². The van der Waals surface area contributed by atoms with Crippen molar-refractivity contribution in [3.8, 4) is 5.19 Å². The van der Waals surface area contributed by atoms with Crippen molar-refractivity contribution in [2.24, 2.45) is 0 Å². The molecule has 1 rings (SSSR count). The quantitative estimate of drug-likeness (QED) is 0.829. The van der Waals surface area contributed by atoms with Gasteiger partial charge in [0, 0.05) is 18.0 Å². The molecule has 1 heterocycles. The molecule has 13 heavy (non-hydrogen) atoms. The Bertz CT molecular complexity index is 252. The Morgan fingerprint density at radius 3 is 3.00 bits per heavy atom. The lowest BCUT2D eigenvalue weighted by molar-refractivity contribution is 0.307. The lowest BCUT2D eigenvalue weighted by atomic mass is 10.4. The molecule has 0 unspecified atom stereocenters. The van der Waals surface area contributed by atoms with Gasteiger partial charge in [-0.05, 0) is 15.9 Å². The largest absolute Gasteiger partial charge is 0.469 e.